The van der Waals surface area contributed by atoms with E-state index >= 15 is 0 Å². The Morgan fingerprint density at radius 3 is 2.44 bits per heavy atom. The Kier molecular flexibility index (Phi) is 8.30. The van der Waals surface area contributed by atoms with E-state index in [1.165, 1.54) is 12.1 Å². The molecule has 2 aromatic rings. The number of halogens is 4. The summed E-state index contributed by atoms with van der Waals surface area (Å²) < 4.78 is 41.6. The molecule has 1 atom stereocenters. The van der Waals surface area contributed by atoms with Gasteiger partial charge in [-0.2, -0.15) is 18.3 Å². The van der Waals surface area contributed by atoms with Gasteiger partial charge < -0.3 is 11.1 Å². The second kappa shape index (κ2) is 9.75. The van der Waals surface area contributed by atoms with Crippen LogP contribution in [0.3, 0.4) is 0 Å². The SMILES string of the molecule is CCCCC(CN)NC(=O)c1cnn(-c2ccc(C)cc2)c1C(F)(F)F.Cl. The van der Waals surface area contributed by atoms with E-state index in [9.17, 15) is 18.0 Å². The van der Waals surface area contributed by atoms with Crippen molar-refractivity contribution in [3.8, 4) is 5.69 Å². The van der Waals surface area contributed by atoms with Gasteiger partial charge in [0.15, 0.2) is 5.69 Å². The van der Waals surface area contributed by atoms with Crippen LogP contribution in [0.1, 0.15) is 47.8 Å². The summed E-state index contributed by atoms with van der Waals surface area (Å²) >= 11 is 0. The van der Waals surface area contributed by atoms with Crippen molar-refractivity contribution >= 4 is 18.3 Å². The van der Waals surface area contributed by atoms with Crippen LogP contribution in [0.25, 0.3) is 5.69 Å². The number of hydrogen-bond donors (Lipinski definition) is 2. The Balaban J connectivity index is 0.00000364. The standard InChI is InChI=1S/C18H23F3N4O.ClH/c1-3-4-5-13(10-22)24-17(26)15-11-23-25(16(15)18(19,20)21)14-8-6-12(2)7-9-14;/h6-9,11,13H,3-5,10,22H2,1-2H3,(H,24,26);1H. The Labute approximate surface area is 162 Å². The first-order chi connectivity index (χ1) is 12.3. The lowest BCUT2D eigenvalue weighted by molar-refractivity contribution is -0.143. The van der Waals surface area contributed by atoms with Gasteiger partial charge in [-0.3, -0.25) is 4.79 Å². The molecule has 1 aromatic heterocycles. The number of hydrogen-bond acceptors (Lipinski definition) is 3. The van der Waals surface area contributed by atoms with Crippen molar-refractivity contribution in [2.75, 3.05) is 6.54 Å². The average molecular weight is 405 g/mol. The number of rotatable bonds is 7. The molecule has 27 heavy (non-hydrogen) atoms. The molecular weight excluding hydrogens is 381 g/mol. The van der Waals surface area contributed by atoms with E-state index in [0.29, 0.717) is 6.42 Å². The Bertz CT molecular complexity index is 744. The molecule has 2 rings (SSSR count). The molecule has 0 saturated heterocycles. The first-order valence-electron chi connectivity index (χ1n) is 8.51. The second-order valence-electron chi connectivity index (χ2n) is 6.20. The summed E-state index contributed by atoms with van der Waals surface area (Å²) in [5.41, 5.74) is 5.17. The van der Waals surface area contributed by atoms with Crippen molar-refractivity contribution in [1.82, 2.24) is 15.1 Å². The molecule has 1 heterocycles. The van der Waals surface area contributed by atoms with Crippen molar-refractivity contribution in [2.24, 2.45) is 5.73 Å². The molecule has 9 heteroatoms. The minimum atomic E-state index is -4.73. The highest BCUT2D eigenvalue weighted by atomic mass is 35.5. The maximum absolute atomic E-state index is 13.6. The quantitative estimate of drug-likeness (QED) is 0.735. The lowest BCUT2D eigenvalue weighted by Crippen LogP contribution is -2.40. The zero-order valence-corrected chi connectivity index (χ0v) is 16.0. The minimum absolute atomic E-state index is 0. The van der Waals surface area contributed by atoms with Gasteiger partial charge >= 0.3 is 6.18 Å². The molecule has 1 amide bonds. The number of nitrogens with one attached hydrogen (secondary N) is 1. The van der Waals surface area contributed by atoms with Crippen molar-refractivity contribution < 1.29 is 18.0 Å². The van der Waals surface area contributed by atoms with Crippen LogP contribution < -0.4 is 11.1 Å². The summed E-state index contributed by atoms with van der Waals surface area (Å²) in [5.74, 6) is -0.817. The third-order valence-corrected chi connectivity index (χ3v) is 4.09. The summed E-state index contributed by atoms with van der Waals surface area (Å²) in [5, 5.41) is 6.39. The van der Waals surface area contributed by atoms with Crippen molar-refractivity contribution in [3.63, 3.8) is 0 Å². The monoisotopic (exact) mass is 404 g/mol. The van der Waals surface area contributed by atoms with E-state index in [1.54, 1.807) is 12.1 Å². The van der Waals surface area contributed by atoms with Gasteiger partial charge in [-0.25, -0.2) is 4.68 Å². The van der Waals surface area contributed by atoms with E-state index in [2.05, 4.69) is 10.4 Å². The van der Waals surface area contributed by atoms with Crippen LogP contribution >= 0.6 is 12.4 Å². The van der Waals surface area contributed by atoms with Gasteiger partial charge in [0.1, 0.15) is 0 Å². The van der Waals surface area contributed by atoms with Crippen LogP contribution in [0.5, 0.6) is 0 Å². The zero-order chi connectivity index (χ0) is 19.3. The van der Waals surface area contributed by atoms with Crippen LogP contribution in [0, 0.1) is 6.92 Å². The summed E-state index contributed by atoms with van der Waals surface area (Å²) in [4.78, 5) is 12.4. The highest BCUT2D eigenvalue weighted by Crippen LogP contribution is 2.33. The van der Waals surface area contributed by atoms with E-state index < -0.39 is 23.3 Å². The van der Waals surface area contributed by atoms with Gasteiger partial charge in [0.25, 0.3) is 5.91 Å². The van der Waals surface area contributed by atoms with Crippen LogP contribution in [0.15, 0.2) is 30.5 Å². The molecule has 0 saturated carbocycles. The smallest absolute Gasteiger partial charge is 0.348 e. The van der Waals surface area contributed by atoms with Gasteiger partial charge in [-0.1, -0.05) is 37.5 Å². The maximum atomic E-state index is 13.6. The van der Waals surface area contributed by atoms with Crippen LogP contribution in [0.4, 0.5) is 13.2 Å². The van der Waals surface area contributed by atoms with Gasteiger partial charge in [0.05, 0.1) is 17.4 Å². The van der Waals surface area contributed by atoms with E-state index in [1.807, 2.05) is 13.8 Å². The second-order valence-corrected chi connectivity index (χ2v) is 6.20. The van der Waals surface area contributed by atoms with Crippen LogP contribution in [0.2, 0.25) is 0 Å². The van der Waals surface area contributed by atoms with Gasteiger partial charge in [-0.05, 0) is 25.5 Å². The normalized spacial score (nSPS) is 12.4. The largest absolute Gasteiger partial charge is 0.434 e. The summed E-state index contributed by atoms with van der Waals surface area (Å²) in [6.45, 7) is 3.99. The highest BCUT2D eigenvalue weighted by Gasteiger charge is 2.40. The van der Waals surface area contributed by atoms with Crippen molar-refractivity contribution in [3.05, 3.63) is 47.3 Å². The Hall–Kier alpha value is -2.06. The molecule has 3 N–H and O–H groups in total. The van der Waals surface area contributed by atoms with E-state index in [-0.39, 0.29) is 30.7 Å². The summed E-state index contributed by atoms with van der Waals surface area (Å²) in [6, 6.07) is 6.07. The number of unbranched alkanes of at least 4 members (excludes halogenated alkanes) is 1. The molecule has 0 fully saturated rings. The molecule has 5 nitrogen and oxygen atoms in total. The lowest BCUT2D eigenvalue weighted by atomic mass is 10.1. The number of aryl methyl sites for hydroxylation is 1. The first-order valence-corrected chi connectivity index (χ1v) is 8.51. The number of carbonyl (C=O) groups excluding carboxylic acids is 1. The number of alkyl halides is 3. The van der Waals surface area contributed by atoms with Gasteiger partial charge in [-0.15, -0.1) is 12.4 Å². The predicted octanol–water partition coefficient (Wildman–Crippen LogP) is 3.87. The lowest BCUT2D eigenvalue weighted by Gasteiger charge is -2.17. The molecule has 0 spiro atoms. The van der Waals surface area contributed by atoms with Crippen molar-refractivity contribution in [1.29, 1.82) is 0 Å². The fraction of sp³-hybridized carbons (Fsp3) is 0.444. The minimum Gasteiger partial charge on any atom is -0.348 e. The van der Waals surface area contributed by atoms with Gasteiger partial charge in [0, 0.05) is 12.6 Å². The average Bonchev–Trinajstić information content (AvgIpc) is 3.04. The number of amides is 1. The molecule has 0 aliphatic rings. The van der Waals surface area contributed by atoms with E-state index in [0.717, 1.165) is 29.3 Å². The molecule has 1 aromatic carbocycles. The Morgan fingerprint density at radius 2 is 1.93 bits per heavy atom. The molecule has 150 valence electrons. The third kappa shape index (κ3) is 5.71. The van der Waals surface area contributed by atoms with Crippen molar-refractivity contribution in [2.45, 2.75) is 45.3 Å². The summed E-state index contributed by atoms with van der Waals surface area (Å²) in [7, 11) is 0. The molecule has 1 unspecified atom stereocenters. The molecule has 0 aliphatic carbocycles. The molecule has 0 bridgehead atoms. The van der Waals surface area contributed by atoms with E-state index in [4.69, 9.17) is 5.73 Å². The summed E-state index contributed by atoms with van der Waals surface area (Å²) in [6.07, 6.45) is -1.42. The number of benzene rings is 1. The molecule has 0 radical (unpaired) electrons. The van der Waals surface area contributed by atoms with Gasteiger partial charge in [0.2, 0.25) is 0 Å². The van der Waals surface area contributed by atoms with Crippen LogP contribution in [-0.2, 0) is 6.18 Å². The zero-order valence-electron chi connectivity index (χ0n) is 15.2. The molecular formula is C18H24ClF3N4O. The van der Waals surface area contributed by atoms with Crippen LogP contribution in [-0.4, -0.2) is 28.3 Å². The Morgan fingerprint density at radius 1 is 1.30 bits per heavy atom. The topological polar surface area (TPSA) is 72.9 Å². The fourth-order valence-corrected chi connectivity index (χ4v) is 2.63. The number of carbonyl (C=O) groups is 1. The molecule has 0 aliphatic heterocycles. The number of nitrogens with two attached hydrogens (primary N) is 1. The number of aromatic nitrogens is 2. The highest BCUT2D eigenvalue weighted by molar-refractivity contribution is 5.95. The number of nitrogens with zero attached hydrogens (tertiary/aromatic N) is 2. The maximum Gasteiger partial charge on any atom is 0.434 e. The fourth-order valence-electron chi connectivity index (χ4n) is 2.63. The third-order valence-electron chi connectivity index (χ3n) is 4.09. The first kappa shape index (κ1) is 23.0. The predicted molar refractivity (Wildman–Crippen MR) is 100 cm³/mol.